The molecule has 2 rings (SSSR count). The first-order chi connectivity index (χ1) is 8.84. The number of alkyl halides is 3. The maximum atomic E-state index is 12.6. The van der Waals surface area contributed by atoms with Gasteiger partial charge in [-0.15, -0.1) is 0 Å². The van der Waals surface area contributed by atoms with Crippen molar-refractivity contribution in [3.63, 3.8) is 0 Å². The van der Waals surface area contributed by atoms with E-state index in [9.17, 15) is 21.6 Å². The third-order valence-corrected chi connectivity index (χ3v) is 4.26. The number of hydrogen-bond donors (Lipinski definition) is 0. The molecular weight excluding hydrogens is 283 g/mol. The number of halogens is 3. The first kappa shape index (κ1) is 14.1. The Morgan fingerprint density at radius 2 is 1.84 bits per heavy atom. The highest BCUT2D eigenvalue weighted by Crippen LogP contribution is 2.36. The van der Waals surface area contributed by atoms with Crippen molar-refractivity contribution < 1.29 is 26.4 Å². The van der Waals surface area contributed by atoms with Gasteiger partial charge in [-0.2, -0.15) is 13.2 Å². The van der Waals surface area contributed by atoms with Crippen molar-refractivity contribution in [2.24, 2.45) is 0 Å². The fourth-order valence-electron chi connectivity index (χ4n) is 1.80. The van der Waals surface area contributed by atoms with Gasteiger partial charge in [0.15, 0.2) is 0 Å². The zero-order valence-electron chi connectivity index (χ0n) is 9.85. The smallest absolute Gasteiger partial charge is 0.273 e. The molecule has 0 spiro atoms. The molecule has 106 valence electrons. The highest BCUT2D eigenvalue weighted by atomic mass is 32.2. The normalized spacial score (nSPS) is 17.5. The van der Waals surface area contributed by atoms with Gasteiger partial charge in [0, 0.05) is 6.54 Å². The standard InChI is InChI=1S/C11H12F3NO3S/c12-11(13,14)19(16,17)10-6-2-1-5-9(10)15-7-3-4-8-18-15/h1-2,5-6H,3-4,7-8H2. The van der Waals surface area contributed by atoms with Gasteiger partial charge in [-0.1, -0.05) is 12.1 Å². The number of benzene rings is 1. The summed E-state index contributed by atoms with van der Waals surface area (Å²) in [6.07, 6.45) is 1.53. The summed E-state index contributed by atoms with van der Waals surface area (Å²) in [7, 11) is -5.38. The molecule has 1 aliphatic rings. The van der Waals surface area contributed by atoms with Crippen LogP contribution >= 0.6 is 0 Å². The van der Waals surface area contributed by atoms with E-state index in [2.05, 4.69) is 0 Å². The summed E-state index contributed by atoms with van der Waals surface area (Å²) in [5.41, 5.74) is -5.39. The number of nitrogens with zero attached hydrogens (tertiary/aromatic N) is 1. The summed E-state index contributed by atoms with van der Waals surface area (Å²) < 4.78 is 60.9. The van der Waals surface area contributed by atoms with Crippen LogP contribution in [0.1, 0.15) is 12.8 Å². The lowest BCUT2D eigenvalue weighted by Gasteiger charge is -2.29. The molecule has 4 nitrogen and oxygen atoms in total. The van der Waals surface area contributed by atoms with E-state index in [1.54, 1.807) is 0 Å². The van der Waals surface area contributed by atoms with Gasteiger partial charge >= 0.3 is 5.51 Å². The lowest BCUT2D eigenvalue weighted by atomic mass is 10.2. The second-order valence-electron chi connectivity index (χ2n) is 4.06. The van der Waals surface area contributed by atoms with Crippen molar-refractivity contribution in [1.82, 2.24) is 0 Å². The highest BCUT2D eigenvalue weighted by molar-refractivity contribution is 7.92. The van der Waals surface area contributed by atoms with E-state index in [0.717, 1.165) is 18.9 Å². The molecule has 0 atom stereocenters. The number of para-hydroxylation sites is 1. The predicted molar refractivity (Wildman–Crippen MR) is 62.2 cm³/mol. The van der Waals surface area contributed by atoms with E-state index in [1.807, 2.05) is 0 Å². The van der Waals surface area contributed by atoms with E-state index in [0.29, 0.717) is 13.2 Å². The predicted octanol–water partition coefficient (Wildman–Crippen LogP) is 2.51. The average molecular weight is 295 g/mol. The first-order valence-electron chi connectivity index (χ1n) is 5.65. The molecule has 0 N–H and O–H groups in total. The van der Waals surface area contributed by atoms with E-state index in [1.165, 1.54) is 23.3 Å². The van der Waals surface area contributed by atoms with Crippen LogP contribution in [0.15, 0.2) is 29.2 Å². The molecule has 1 aromatic carbocycles. The Balaban J connectivity index is 2.47. The van der Waals surface area contributed by atoms with E-state index in [4.69, 9.17) is 4.84 Å². The first-order valence-corrected chi connectivity index (χ1v) is 7.13. The molecule has 0 saturated carbocycles. The summed E-state index contributed by atoms with van der Waals surface area (Å²) in [5.74, 6) is 0. The Labute approximate surface area is 108 Å². The van der Waals surface area contributed by atoms with Crippen LogP contribution in [0.4, 0.5) is 18.9 Å². The summed E-state index contributed by atoms with van der Waals surface area (Å²) in [6.45, 7) is 0.727. The molecule has 1 aliphatic heterocycles. The lowest BCUT2D eigenvalue weighted by Crippen LogP contribution is -2.32. The largest absolute Gasteiger partial charge is 0.501 e. The van der Waals surface area contributed by atoms with Crippen LogP contribution < -0.4 is 5.06 Å². The summed E-state index contributed by atoms with van der Waals surface area (Å²) in [5, 5.41) is 1.21. The molecule has 19 heavy (non-hydrogen) atoms. The van der Waals surface area contributed by atoms with Crippen molar-refractivity contribution in [2.75, 3.05) is 18.2 Å². The molecule has 8 heteroatoms. The molecule has 1 fully saturated rings. The maximum Gasteiger partial charge on any atom is 0.501 e. The lowest BCUT2D eigenvalue weighted by molar-refractivity contribution is -0.0436. The van der Waals surface area contributed by atoms with Crippen LogP contribution in [0.3, 0.4) is 0 Å². The minimum absolute atomic E-state index is 0.0699. The Hall–Kier alpha value is -1.28. The van der Waals surface area contributed by atoms with E-state index in [-0.39, 0.29) is 5.69 Å². The summed E-state index contributed by atoms with van der Waals surface area (Å²) in [4.78, 5) is 4.44. The Morgan fingerprint density at radius 3 is 2.42 bits per heavy atom. The van der Waals surface area contributed by atoms with E-state index >= 15 is 0 Å². The number of rotatable bonds is 2. The molecule has 1 aromatic rings. The van der Waals surface area contributed by atoms with Gasteiger partial charge in [0.05, 0.1) is 12.3 Å². The zero-order valence-corrected chi connectivity index (χ0v) is 10.7. The third kappa shape index (κ3) is 2.69. The van der Waals surface area contributed by atoms with Gasteiger partial charge in [-0.25, -0.2) is 8.42 Å². The number of sulfone groups is 1. The van der Waals surface area contributed by atoms with Gasteiger partial charge in [0.25, 0.3) is 9.84 Å². The van der Waals surface area contributed by atoms with Crippen LogP contribution in [-0.2, 0) is 14.7 Å². The van der Waals surface area contributed by atoms with Gasteiger partial charge in [0.1, 0.15) is 4.90 Å². The van der Waals surface area contributed by atoms with Crippen LogP contribution in [0, 0.1) is 0 Å². The number of hydrogen-bond acceptors (Lipinski definition) is 4. The van der Waals surface area contributed by atoms with Gasteiger partial charge < -0.3 is 0 Å². The average Bonchev–Trinajstić information content (AvgIpc) is 2.38. The summed E-state index contributed by atoms with van der Waals surface area (Å²) >= 11 is 0. The molecular formula is C11H12F3NO3S. The van der Waals surface area contributed by atoms with Crippen molar-refractivity contribution in [3.8, 4) is 0 Å². The van der Waals surface area contributed by atoms with Crippen molar-refractivity contribution in [3.05, 3.63) is 24.3 Å². The van der Waals surface area contributed by atoms with E-state index < -0.39 is 20.2 Å². The molecule has 1 saturated heterocycles. The van der Waals surface area contributed by atoms with Crippen molar-refractivity contribution in [1.29, 1.82) is 0 Å². The quantitative estimate of drug-likeness (QED) is 0.841. The molecule has 0 aromatic heterocycles. The minimum Gasteiger partial charge on any atom is -0.273 e. The highest BCUT2D eigenvalue weighted by Gasteiger charge is 2.48. The topological polar surface area (TPSA) is 46.6 Å². The minimum atomic E-state index is -5.38. The Bertz CT molecular complexity index is 551. The number of hydroxylamine groups is 1. The van der Waals surface area contributed by atoms with Crippen LogP contribution in [0.2, 0.25) is 0 Å². The maximum absolute atomic E-state index is 12.6. The molecule has 0 radical (unpaired) electrons. The number of anilines is 1. The van der Waals surface area contributed by atoms with Gasteiger partial charge in [0.2, 0.25) is 0 Å². The monoisotopic (exact) mass is 295 g/mol. The molecule has 0 unspecified atom stereocenters. The molecule has 0 amide bonds. The van der Waals surface area contributed by atoms with Crippen molar-refractivity contribution in [2.45, 2.75) is 23.2 Å². The van der Waals surface area contributed by atoms with Crippen LogP contribution in [-0.4, -0.2) is 27.1 Å². The fourth-order valence-corrected chi connectivity index (χ4v) is 2.75. The molecule has 0 aliphatic carbocycles. The van der Waals surface area contributed by atoms with Gasteiger partial charge in [-0.3, -0.25) is 9.90 Å². The third-order valence-electron chi connectivity index (χ3n) is 2.73. The van der Waals surface area contributed by atoms with Gasteiger partial charge in [-0.05, 0) is 25.0 Å². The van der Waals surface area contributed by atoms with Crippen LogP contribution in [0.25, 0.3) is 0 Å². The zero-order chi connectivity index (χ0) is 14.1. The fraction of sp³-hybridized carbons (Fsp3) is 0.455. The SMILES string of the molecule is O=S(=O)(c1ccccc1N1CCCCO1)C(F)(F)F. The molecule has 1 heterocycles. The summed E-state index contributed by atoms with van der Waals surface area (Å²) in [6, 6.07) is 4.98. The second-order valence-corrected chi connectivity index (χ2v) is 5.97. The van der Waals surface area contributed by atoms with Crippen molar-refractivity contribution >= 4 is 15.5 Å². The Morgan fingerprint density at radius 1 is 1.16 bits per heavy atom. The Kier molecular flexibility index (Phi) is 3.73. The second kappa shape index (κ2) is 5.01. The van der Waals surface area contributed by atoms with Crippen LogP contribution in [0.5, 0.6) is 0 Å². The molecule has 0 bridgehead atoms.